The maximum Gasteiger partial charge on any atom is 0.132 e. The van der Waals surface area contributed by atoms with Crippen molar-refractivity contribution < 1.29 is 4.74 Å². The molecule has 2 aromatic carbocycles. The lowest BCUT2D eigenvalue weighted by molar-refractivity contribution is 0.0708. The highest BCUT2D eigenvalue weighted by Gasteiger charge is 2.36. The van der Waals surface area contributed by atoms with Gasteiger partial charge in [-0.3, -0.25) is 0 Å². The fourth-order valence-corrected chi connectivity index (χ4v) is 4.42. The van der Waals surface area contributed by atoms with E-state index in [-0.39, 0.29) is 5.60 Å². The Kier molecular flexibility index (Phi) is 6.27. The first kappa shape index (κ1) is 19.0. The second-order valence-electron chi connectivity index (χ2n) is 7.18. The largest absolute Gasteiger partial charge is 0.482 e. The van der Waals surface area contributed by atoms with Gasteiger partial charge in [-0.1, -0.05) is 77.0 Å². The predicted octanol–water partition coefficient (Wildman–Crippen LogP) is 8.24. The zero-order chi connectivity index (χ0) is 17.9. The molecule has 0 aromatic heterocycles. The summed E-state index contributed by atoms with van der Waals surface area (Å²) in [5.41, 5.74) is 3.51. The van der Waals surface area contributed by atoms with Crippen molar-refractivity contribution in [3.8, 4) is 16.9 Å². The Hall–Kier alpha value is -0.800. The number of fused-ring (bicyclic) bond motifs is 3. The first-order valence-electron chi connectivity index (χ1n) is 9.32. The molecule has 134 valence electrons. The van der Waals surface area contributed by atoms with E-state index in [0.717, 1.165) is 21.1 Å². The fourth-order valence-electron chi connectivity index (χ4n) is 3.72. The normalized spacial score (nSPS) is 18.4. The third kappa shape index (κ3) is 4.31. The molecule has 0 bridgehead atoms. The number of rotatable bonds is 7. The first-order chi connectivity index (χ1) is 12.0. The van der Waals surface area contributed by atoms with E-state index < -0.39 is 0 Å². The smallest absolute Gasteiger partial charge is 0.132 e. The van der Waals surface area contributed by atoms with Gasteiger partial charge in [-0.05, 0) is 55.7 Å². The van der Waals surface area contributed by atoms with Crippen molar-refractivity contribution in [3.63, 3.8) is 0 Å². The highest BCUT2D eigenvalue weighted by atomic mass is 79.9. The molecule has 1 nitrogen and oxygen atoms in total. The second kappa shape index (κ2) is 8.26. The molecule has 1 heterocycles. The summed E-state index contributed by atoms with van der Waals surface area (Å²) < 4.78 is 8.74. The molecule has 0 aliphatic carbocycles. The lowest BCUT2D eigenvalue weighted by Gasteiger charge is -2.38. The zero-order valence-corrected chi connectivity index (χ0v) is 18.3. The summed E-state index contributed by atoms with van der Waals surface area (Å²) in [5, 5.41) is 0. The molecule has 0 saturated carbocycles. The van der Waals surface area contributed by atoms with Crippen molar-refractivity contribution in [1.82, 2.24) is 0 Å². The standard InChI is InChI=1S/C22H26Br2O/c1-3-4-5-6-7-8-13-22(2)20-14-16(23)9-11-18(20)19-12-10-17(24)15-21(19)25-22/h9-12,14-15H,3-8,13H2,1-2H3. The summed E-state index contributed by atoms with van der Waals surface area (Å²) in [5.74, 6) is 0.984. The molecule has 3 heteroatoms. The van der Waals surface area contributed by atoms with Crippen molar-refractivity contribution in [2.24, 2.45) is 0 Å². The van der Waals surface area contributed by atoms with Gasteiger partial charge in [0.25, 0.3) is 0 Å². The lowest BCUT2D eigenvalue weighted by Crippen LogP contribution is -2.33. The molecule has 0 fully saturated rings. The minimum Gasteiger partial charge on any atom is -0.482 e. The van der Waals surface area contributed by atoms with Crippen LogP contribution in [0.3, 0.4) is 0 Å². The van der Waals surface area contributed by atoms with E-state index in [2.05, 4.69) is 82.1 Å². The third-order valence-electron chi connectivity index (χ3n) is 5.13. The maximum absolute atomic E-state index is 6.56. The summed E-state index contributed by atoms with van der Waals surface area (Å²) in [6.45, 7) is 4.51. The summed E-state index contributed by atoms with van der Waals surface area (Å²) in [6.07, 6.45) is 8.87. The van der Waals surface area contributed by atoms with Crippen molar-refractivity contribution in [3.05, 3.63) is 50.9 Å². The van der Waals surface area contributed by atoms with Crippen molar-refractivity contribution in [1.29, 1.82) is 0 Å². The van der Waals surface area contributed by atoms with E-state index in [1.165, 1.54) is 55.2 Å². The van der Waals surface area contributed by atoms with E-state index >= 15 is 0 Å². The van der Waals surface area contributed by atoms with Gasteiger partial charge in [-0.2, -0.15) is 0 Å². The predicted molar refractivity (Wildman–Crippen MR) is 113 cm³/mol. The van der Waals surface area contributed by atoms with E-state index in [1.54, 1.807) is 0 Å². The van der Waals surface area contributed by atoms with Crippen LogP contribution in [0.15, 0.2) is 45.3 Å². The molecule has 25 heavy (non-hydrogen) atoms. The van der Waals surface area contributed by atoms with Crippen LogP contribution in [0.4, 0.5) is 0 Å². The van der Waals surface area contributed by atoms with E-state index in [4.69, 9.17) is 4.74 Å². The van der Waals surface area contributed by atoms with Crippen LogP contribution in [0.25, 0.3) is 11.1 Å². The lowest BCUT2D eigenvalue weighted by atomic mass is 9.82. The van der Waals surface area contributed by atoms with E-state index in [1.807, 2.05) is 0 Å². The van der Waals surface area contributed by atoms with E-state index in [9.17, 15) is 0 Å². The van der Waals surface area contributed by atoms with Crippen LogP contribution in [0.1, 0.15) is 64.4 Å². The average Bonchev–Trinajstić information content (AvgIpc) is 2.58. The molecular formula is C22H26Br2O. The summed E-state index contributed by atoms with van der Waals surface area (Å²) in [4.78, 5) is 0. The average molecular weight is 466 g/mol. The number of hydrogen-bond acceptors (Lipinski definition) is 1. The van der Waals surface area contributed by atoms with Gasteiger partial charge in [-0.25, -0.2) is 0 Å². The molecule has 0 N–H and O–H groups in total. The number of hydrogen-bond donors (Lipinski definition) is 0. The van der Waals surface area contributed by atoms with Crippen molar-refractivity contribution in [2.45, 2.75) is 64.4 Å². The van der Waals surface area contributed by atoms with E-state index in [0.29, 0.717) is 0 Å². The van der Waals surface area contributed by atoms with Gasteiger partial charge in [0.05, 0.1) is 0 Å². The topological polar surface area (TPSA) is 9.23 Å². The number of benzene rings is 2. The van der Waals surface area contributed by atoms with Crippen LogP contribution in [0.2, 0.25) is 0 Å². The molecule has 0 spiro atoms. The van der Waals surface area contributed by atoms with Gasteiger partial charge >= 0.3 is 0 Å². The molecular weight excluding hydrogens is 440 g/mol. The zero-order valence-electron chi connectivity index (χ0n) is 15.1. The minimum absolute atomic E-state index is 0.266. The van der Waals surface area contributed by atoms with Gasteiger partial charge in [0, 0.05) is 20.1 Å². The molecule has 1 aliphatic rings. The molecule has 1 atom stereocenters. The molecule has 2 aromatic rings. The SMILES string of the molecule is CCCCCCCCC1(C)Oc2cc(Br)ccc2-c2ccc(Br)cc21. The van der Waals surface area contributed by atoms with Crippen LogP contribution in [-0.4, -0.2) is 0 Å². The first-order valence-corrected chi connectivity index (χ1v) is 10.9. The molecule has 1 unspecified atom stereocenters. The molecule has 0 saturated heterocycles. The van der Waals surface area contributed by atoms with Crippen LogP contribution in [-0.2, 0) is 5.60 Å². The Morgan fingerprint density at radius 2 is 1.48 bits per heavy atom. The molecule has 0 amide bonds. The second-order valence-corrected chi connectivity index (χ2v) is 9.01. The Balaban J connectivity index is 1.84. The van der Waals surface area contributed by atoms with Gasteiger partial charge < -0.3 is 4.74 Å². The summed E-state index contributed by atoms with van der Waals surface area (Å²) in [7, 11) is 0. The van der Waals surface area contributed by atoms with Crippen molar-refractivity contribution in [2.75, 3.05) is 0 Å². The Morgan fingerprint density at radius 3 is 2.24 bits per heavy atom. The Bertz CT molecular complexity index is 741. The molecule has 0 radical (unpaired) electrons. The quantitative estimate of drug-likeness (QED) is 0.374. The highest BCUT2D eigenvalue weighted by Crippen LogP contribution is 2.48. The van der Waals surface area contributed by atoms with Gasteiger partial charge in [0.1, 0.15) is 11.4 Å². The van der Waals surface area contributed by atoms with Crippen LogP contribution >= 0.6 is 31.9 Å². The van der Waals surface area contributed by atoms with Crippen LogP contribution in [0.5, 0.6) is 5.75 Å². The molecule has 1 aliphatic heterocycles. The number of unbranched alkanes of at least 4 members (excludes halogenated alkanes) is 5. The maximum atomic E-state index is 6.56. The Morgan fingerprint density at radius 1 is 0.840 bits per heavy atom. The summed E-state index contributed by atoms with van der Waals surface area (Å²) >= 11 is 7.22. The third-order valence-corrected chi connectivity index (χ3v) is 6.11. The van der Waals surface area contributed by atoms with Gasteiger partial charge in [0.2, 0.25) is 0 Å². The van der Waals surface area contributed by atoms with Gasteiger partial charge in [0.15, 0.2) is 0 Å². The molecule has 3 rings (SSSR count). The number of halogens is 2. The van der Waals surface area contributed by atoms with Gasteiger partial charge in [-0.15, -0.1) is 0 Å². The minimum atomic E-state index is -0.266. The fraction of sp³-hybridized carbons (Fsp3) is 0.455. The Labute approximate surface area is 168 Å². The van der Waals surface area contributed by atoms with Crippen LogP contribution in [0, 0.1) is 0 Å². The highest BCUT2D eigenvalue weighted by molar-refractivity contribution is 9.10. The van der Waals surface area contributed by atoms with Crippen LogP contribution < -0.4 is 4.74 Å². The number of ether oxygens (including phenoxy) is 1. The van der Waals surface area contributed by atoms with Crippen molar-refractivity contribution >= 4 is 31.9 Å². The summed E-state index contributed by atoms with van der Waals surface area (Å²) in [6, 6.07) is 12.9. The monoisotopic (exact) mass is 464 g/mol.